The fraction of sp³-hybridized carbons (Fsp3) is 0.455. The number of hydrogen-bond donors (Lipinski definition) is 2. The van der Waals surface area contributed by atoms with Crippen molar-refractivity contribution in [2.75, 3.05) is 32.8 Å². The number of aliphatic hydroxyl groups is 1. The Morgan fingerprint density at radius 1 is 1.29 bits per heavy atom. The molecule has 0 spiro atoms. The first-order chi connectivity index (χ1) is 13.6. The average Bonchev–Trinajstić information content (AvgIpc) is 2.73. The molecule has 2 unspecified atom stereocenters. The van der Waals surface area contributed by atoms with Gasteiger partial charge in [-0.15, -0.1) is 0 Å². The molecule has 0 saturated carbocycles. The number of carbonyl (C=O) groups excluding carboxylic acids is 1. The van der Waals surface area contributed by atoms with Gasteiger partial charge in [-0.2, -0.15) is 0 Å². The van der Waals surface area contributed by atoms with Gasteiger partial charge in [0.25, 0.3) is 0 Å². The maximum atomic E-state index is 12.6. The molecule has 2 heterocycles. The Kier molecular flexibility index (Phi) is 7.01. The van der Waals surface area contributed by atoms with Crippen LogP contribution in [-0.4, -0.2) is 53.9 Å². The van der Waals surface area contributed by atoms with E-state index in [2.05, 4.69) is 42.3 Å². The van der Waals surface area contributed by atoms with Crippen LogP contribution in [0.5, 0.6) is 0 Å². The summed E-state index contributed by atoms with van der Waals surface area (Å²) in [6, 6.07) is 10.1. The molecule has 6 nitrogen and oxygen atoms in total. The summed E-state index contributed by atoms with van der Waals surface area (Å²) in [5, 5.41) is 12.6. The summed E-state index contributed by atoms with van der Waals surface area (Å²) < 4.78 is 5.90. The zero-order valence-electron chi connectivity index (χ0n) is 16.6. The van der Waals surface area contributed by atoms with Crippen molar-refractivity contribution in [1.29, 1.82) is 0 Å². The van der Waals surface area contributed by atoms with Crippen LogP contribution in [0.3, 0.4) is 0 Å². The van der Waals surface area contributed by atoms with Crippen LogP contribution in [0.4, 0.5) is 4.79 Å². The molecule has 3 rings (SSSR count). The van der Waals surface area contributed by atoms with E-state index < -0.39 is 0 Å². The smallest absolute Gasteiger partial charge is 0.317 e. The van der Waals surface area contributed by atoms with Crippen molar-refractivity contribution in [2.24, 2.45) is 5.92 Å². The average molecular weight is 383 g/mol. The molecule has 1 aromatic carbocycles. The van der Waals surface area contributed by atoms with Gasteiger partial charge in [0, 0.05) is 38.0 Å². The molecule has 1 saturated heterocycles. The molecule has 6 heteroatoms. The van der Waals surface area contributed by atoms with Gasteiger partial charge in [-0.1, -0.05) is 18.2 Å². The maximum absolute atomic E-state index is 12.6. The first-order valence-corrected chi connectivity index (χ1v) is 9.78. The van der Waals surface area contributed by atoms with E-state index in [-0.39, 0.29) is 24.7 Å². The van der Waals surface area contributed by atoms with Crippen LogP contribution < -0.4 is 5.32 Å². The molecule has 2 atom stereocenters. The second kappa shape index (κ2) is 9.66. The van der Waals surface area contributed by atoms with E-state index in [1.807, 2.05) is 12.1 Å². The van der Waals surface area contributed by atoms with Gasteiger partial charge in [-0.3, -0.25) is 4.98 Å². The summed E-state index contributed by atoms with van der Waals surface area (Å²) in [5.41, 5.74) is 4.68. The van der Waals surface area contributed by atoms with Gasteiger partial charge < -0.3 is 20.1 Å². The van der Waals surface area contributed by atoms with Crippen LogP contribution in [0.15, 0.2) is 42.7 Å². The largest absolute Gasteiger partial charge is 0.396 e. The molecule has 1 aliphatic heterocycles. The Balaban J connectivity index is 1.53. The maximum Gasteiger partial charge on any atom is 0.317 e. The van der Waals surface area contributed by atoms with Crippen LogP contribution in [-0.2, 0) is 11.2 Å². The van der Waals surface area contributed by atoms with Crippen molar-refractivity contribution >= 4 is 6.03 Å². The number of hydrogen-bond acceptors (Lipinski definition) is 4. The number of rotatable bonds is 6. The van der Waals surface area contributed by atoms with Crippen molar-refractivity contribution in [3.05, 3.63) is 65.0 Å². The number of aromatic nitrogens is 1. The van der Waals surface area contributed by atoms with E-state index in [1.54, 1.807) is 17.3 Å². The number of carbonyl (C=O) groups is 1. The number of aryl methyl sites for hydroxylation is 2. The van der Waals surface area contributed by atoms with Crippen LogP contribution in [0.25, 0.3) is 0 Å². The lowest BCUT2D eigenvalue weighted by Gasteiger charge is -2.33. The van der Waals surface area contributed by atoms with Gasteiger partial charge in [0.2, 0.25) is 0 Å². The third-order valence-corrected chi connectivity index (χ3v) is 5.33. The van der Waals surface area contributed by atoms with Crippen molar-refractivity contribution in [1.82, 2.24) is 15.2 Å². The predicted octanol–water partition coefficient (Wildman–Crippen LogP) is 2.63. The van der Waals surface area contributed by atoms with E-state index in [0.29, 0.717) is 32.7 Å². The third-order valence-electron chi connectivity index (χ3n) is 5.33. The van der Waals surface area contributed by atoms with Gasteiger partial charge in [0.15, 0.2) is 0 Å². The first-order valence-electron chi connectivity index (χ1n) is 9.78. The lowest BCUT2D eigenvalue weighted by molar-refractivity contribution is -0.0156. The van der Waals surface area contributed by atoms with Crippen LogP contribution in [0.1, 0.15) is 28.4 Å². The zero-order valence-corrected chi connectivity index (χ0v) is 16.6. The Labute approximate surface area is 166 Å². The molecule has 0 radical (unpaired) electrons. The van der Waals surface area contributed by atoms with Crippen LogP contribution >= 0.6 is 0 Å². The highest BCUT2D eigenvalue weighted by Crippen LogP contribution is 2.24. The number of nitrogens with zero attached hydrogens (tertiary/aromatic N) is 2. The minimum Gasteiger partial charge on any atom is -0.396 e. The third kappa shape index (κ3) is 5.30. The Hall–Kier alpha value is -2.44. The summed E-state index contributed by atoms with van der Waals surface area (Å²) >= 11 is 0. The number of benzene rings is 1. The van der Waals surface area contributed by atoms with E-state index in [9.17, 15) is 9.90 Å². The van der Waals surface area contributed by atoms with E-state index in [0.717, 1.165) is 11.1 Å². The van der Waals surface area contributed by atoms with Crippen molar-refractivity contribution in [3.8, 4) is 0 Å². The minimum atomic E-state index is -0.107. The molecule has 1 fully saturated rings. The number of ether oxygens (including phenoxy) is 1. The molecule has 28 heavy (non-hydrogen) atoms. The standard InChI is InChI=1S/C22H29N3O3/c1-16-3-4-20(11-17(16)2)21-14-25(9-10-28-21)22(27)24-13-19(15-26)12-18-5-7-23-8-6-18/h3-8,11,19,21,26H,9-10,12-15H2,1-2H3,(H,24,27). The lowest BCUT2D eigenvalue weighted by Crippen LogP contribution is -2.48. The molecular formula is C22H29N3O3. The monoisotopic (exact) mass is 383 g/mol. The van der Waals surface area contributed by atoms with Crippen LogP contribution in [0, 0.1) is 19.8 Å². The quantitative estimate of drug-likeness (QED) is 0.804. The molecule has 0 bridgehead atoms. The van der Waals surface area contributed by atoms with Gasteiger partial charge >= 0.3 is 6.03 Å². The van der Waals surface area contributed by atoms with Crippen molar-refractivity contribution in [2.45, 2.75) is 26.4 Å². The minimum absolute atomic E-state index is 0.0248. The first kappa shape index (κ1) is 20.3. The van der Waals surface area contributed by atoms with Crippen LogP contribution in [0.2, 0.25) is 0 Å². The number of urea groups is 1. The number of nitrogens with one attached hydrogen (secondary N) is 1. The summed E-state index contributed by atoms with van der Waals surface area (Å²) in [5.74, 6) is -0.0251. The van der Waals surface area contributed by atoms with E-state index in [1.165, 1.54) is 11.1 Å². The van der Waals surface area contributed by atoms with Crippen molar-refractivity contribution in [3.63, 3.8) is 0 Å². The molecular weight excluding hydrogens is 354 g/mol. The summed E-state index contributed by atoms with van der Waals surface area (Å²) in [6.45, 7) is 6.25. The number of amides is 2. The molecule has 0 aliphatic carbocycles. The summed E-state index contributed by atoms with van der Waals surface area (Å²) in [7, 11) is 0. The molecule has 2 amide bonds. The van der Waals surface area contributed by atoms with Gasteiger partial charge in [0.1, 0.15) is 6.10 Å². The molecule has 1 aromatic heterocycles. The Morgan fingerprint density at radius 3 is 2.79 bits per heavy atom. The highest BCUT2D eigenvalue weighted by atomic mass is 16.5. The Bertz CT molecular complexity index is 782. The predicted molar refractivity (Wildman–Crippen MR) is 108 cm³/mol. The van der Waals surface area contributed by atoms with Gasteiger partial charge in [0.05, 0.1) is 13.2 Å². The Morgan fingerprint density at radius 2 is 2.07 bits per heavy atom. The number of aliphatic hydroxyl groups excluding tert-OH is 1. The highest BCUT2D eigenvalue weighted by Gasteiger charge is 2.26. The molecule has 1 aliphatic rings. The van der Waals surface area contributed by atoms with E-state index in [4.69, 9.17) is 4.74 Å². The summed E-state index contributed by atoms with van der Waals surface area (Å²) in [6.07, 6.45) is 4.07. The zero-order chi connectivity index (χ0) is 19.9. The topological polar surface area (TPSA) is 74.7 Å². The van der Waals surface area contributed by atoms with Gasteiger partial charge in [-0.25, -0.2) is 4.79 Å². The lowest BCUT2D eigenvalue weighted by atomic mass is 10.0. The SMILES string of the molecule is Cc1ccc(C2CN(C(=O)NCC(CO)Cc3ccncc3)CCO2)cc1C. The fourth-order valence-electron chi connectivity index (χ4n) is 3.40. The number of morpholine rings is 1. The second-order valence-corrected chi connectivity index (χ2v) is 7.44. The van der Waals surface area contributed by atoms with E-state index >= 15 is 0 Å². The number of pyridine rings is 1. The van der Waals surface area contributed by atoms with Gasteiger partial charge in [-0.05, 0) is 54.7 Å². The fourth-order valence-corrected chi connectivity index (χ4v) is 3.40. The van der Waals surface area contributed by atoms with Crippen molar-refractivity contribution < 1.29 is 14.6 Å². The molecule has 2 aromatic rings. The second-order valence-electron chi connectivity index (χ2n) is 7.44. The molecule has 150 valence electrons. The normalized spacial score (nSPS) is 18.0. The molecule has 2 N–H and O–H groups in total. The summed E-state index contributed by atoms with van der Waals surface area (Å²) in [4.78, 5) is 18.4. The highest BCUT2D eigenvalue weighted by molar-refractivity contribution is 5.74.